The average molecular weight is 299 g/mol. The summed E-state index contributed by atoms with van der Waals surface area (Å²) in [4.78, 5) is 10.4. The van der Waals surface area contributed by atoms with Crippen molar-refractivity contribution >= 4 is 15.7 Å². The van der Waals surface area contributed by atoms with Gasteiger partial charge in [0, 0.05) is 37.3 Å². The van der Waals surface area contributed by atoms with Crippen LogP contribution in [0, 0.1) is 10.1 Å². The lowest BCUT2D eigenvalue weighted by atomic mass is 10.2. The summed E-state index contributed by atoms with van der Waals surface area (Å²) < 4.78 is 26.2. The van der Waals surface area contributed by atoms with E-state index in [1.807, 2.05) is 6.92 Å². The Balaban J connectivity index is 2.26. The number of benzene rings is 1. The van der Waals surface area contributed by atoms with Crippen molar-refractivity contribution in [3.63, 3.8) is 0 Å². The second kappa shape index (κ2) is 5.86. The first-order chi connectivity index (χ1) is 9.42. The summed E-state index contributed by atoms with van der Waals surface area (Å²) in [6.45, 7) is 3.41. The van der Waals surface area contributed by atoms with Crippen molar-refractivity contribution in [3.8, 4) is 0 Å². The fourth-order valence-electron chi connectivity index (χ4n) is 2.33. The van der Waals surface area contributed by atoms with Crippen LogP contribution in [0.1, 0.15) is 12.5 Å². The molecule has 1 aromatic carbocycles. The SMILES string of the molecule is CC1CNCCN1S(=O)(=O)Cc1ccccc1[N+](=O)[O-]. The lowest BCUT2D eigenvalue weighted by Crippen LogP contribution is -2.52. The van der Waals surface area contributed by atoms with Gasteiger partial charge in [-0.15, -0.1) is 0 Å². The molecule has 1 aliphatic rings. The van der Waals surface area contributed by atoms with Crippen molar-refractivity contribution in [2.45, 2.75) is 18.7 Å². The van der Waals surface area contributed by atoms with Gasteiger partial charge in [0.1, 0.15) is 0 Å². The average Bonchev–Trinajstić information content (AvgIpc) is 2.39. The van der Waals surface area contributed by atoms with E-state index in [1.54, 1.807) is 6.07 Å². The molecule has 110 valence electrons. The van der Waals surface area contributed by atoms with Crippen LogP contribution in [0.25, 0.3) is 0 Å². The van der Waals surface area contributed by atoms with E-state index in [4.69, 9.17) is 0 Å². The minimum Gasteiger partial charge on any atom is -0.314 e. The van der Waals surface area contributed by atoms with E-state index in [2.05, 4.69) is 5.32 Å². The Hall–Kier alpha value is -1.51. The van der Waals surface area contributed by atoms with Crippen LogP contribution in [-0.4, -0.2) is 43.3 Å². The fourth-order valence-corrected chi connectivity index (χ4v) is 4.12. The van der Waals surface area contributed by atoms with Crippen LogP contribution in [0.4, 0.5) is 5.69 Å². The number of rotatable bonds is 4. The first-order valence-electron chi connectivity index (χ1n) is 6.34. The molecule has 0 saturated carbocycles. The van der Waals surface area contributed by atoms with Crippen LogP contribution >= 0.6 is 0 Å². The predicted octanol–water partition coefficient (Wildman–Crippen LogP) is 0.718. The van der Waals surface area contributed by atoms with E-state index in [1.165, 1.54) is 22.5 Å². The largest absolute Gasteiger partial charge is 0.314 e. The second-order valence-corrected chi connectivity index (χ2v) is 6.73. The summed E-state index contributed by atoms with van der Waals surface area (Å²) in [5.41, 5.74) is 0.0714. The normalized spacial score (nSPS) is 20.8. The maximum atomic E-state index is 12.4. The number of piperazine rings is 1. The Kier molecular flexibility index (Phi) is 4.36. The van der Waals surface area contributed by atoms with Crippen LogP contribution in [-0.2, 0) is 15.8 Å². The Morgan fingerprint density at radius 1 is 1.45 bits per heavy atom. The number of nitro groups is 1. The van der Waals surface area contributed by atoms with Gasteiger partial charge in [0.05, 0.1) is 10.7 Å². The standard InChI is InChI=1S/C12H17N3O4S/c1-10-8-13-6-7-14(10)20(18,19)9-11-4-2-3-5-12(11)15(16)17/h2-5,10,13H,6-9H2,1H3. The van der Waals surface area contributed by atoms with Gasteiger partial charge in [0.25, 0.3) is 5.69 Å². The highest BCUT2D eigenvalue weighted by atomic mass is 32.2. The summed E-state index contributed by atoms with van der Waals surface area (Å²) in [7, 11) is -3.55. The summed E-state index contributed by atoms with van der Waals surface area (Å²) in [6, 6.07) is 5.81. The molecule has 1 atom stereocenters. The predicted molar refractivity (Wildman–Crippen MR) is 74.8 cm³/mol. The van der Waals surface area contributed by atoms with Gasteiger partial charge in [-0.25, -0.2) is 8.42 Å². The fraction of sp³-hybridized carbons (Fsp3) is 0.500. The highest BCUT2D eigenvalue weighted by molar-refractivity contribution is 7.88. The molecule has 7 nitrogen and oxygen atoms in total. The number of nitro benzene ring substituents is 1. The zero-order valence-electron chi connectivity index (χ0n) is 11.2. The molecule has 1 fully saturated rings. The van der Waals surface area contributed by atoms with Crippen LogP contribution in [0.3, 0.4) is 0 Å². The Morgan fingerprint density at radius 3 is 2.80 bits per heavy atom. The van der Waals surface area contributed by atoms with Gasteiger partial charge < -0.3 is 5.32 Å². The van der Waals surface area contributed by atoms with E-state index >= 15 is 0 Å². The van der Waals surface area contributed by atoms with Crippen LogP contribution in [0.15, 0.2) is 24.3 Å². The smallest absolute Gasteiger partial charge is 0.273 e. The second-order valence-electron chi connectivity index (χ2n) is 4.81. The molecule has 20 heavy (non-hydrogen) atoms. The minimum absolute atomic E-state index is 0.142. The van der Waals surface area contributed by atoms with Crippen molar-refractivity contribution in [1.82, 2.24) is 9.62 Å². The zero-order chi connectivity index (χ0) is 14.8. The van der Waals surface area contributed by atoms with Crippen molar-refractivity contribution in [2.75, 3.05) is 19.6 Å². The zero-order valence-corrected chi connectivity index (χ0v) is 12.0. The van der Waals surface area contributed by atoms with E-state index in [0.29, 0.717) is 19.6 Å². The third kappa shape index (κ3) is 3.14. The number of nitrogens with zero attached hydrogens (tertiary/aromatic N) is 2. The van der Waals surface area contributed by atoms with Gasteiger partial charge in [0.2, 0.25) is 10.0 Å². The molecule has 1 aromatic rings. The Labute approximate surface area is 117 Å². The third-order valence-electron chi connectivity index (χ3n) is 3.32. The maximum absolute atomic E-state index is 12.4. The third-order valence-corrected chi connectivity index (χ3v) is 5.26. The molecule has 0 radical (unpaired) electrons. The van der Waals surface area contributed by atoms with E-state index in [9.17, 15) is 18.5 Å². The first-order valence-corrected chi connectivity index (χ1v) is 7.95. The topological polar surface area (TPSA) is 92.6 Å². The summed E-state index contributed by atoms with van der Waals surface area (Å²) in [6.07, 6.45) is 0. The Morgan fingerprint density at radius 2 is 2.15 bits per heavy atom. The van der Waals surface area contributed by atoms with Crippen LogP contribution < -0.4 is 5.32 Å². The van der Waals surface area contributed by atoms with Crippen molar-refractivity contribution in [1.29, 1.82) is 0 Å². The molecule has 0 aliphatic carbocycles. The summed E-state index contributed by atoms with van der Waals surface area (Å²) >= 11 is 0. The molecule has 8 heteroatoms. The van der Waals surface area contributed by atoms with Crippen molar-refractivity contribution in [2.24, 2.45) is 0 Å². The Bertz CT molecular complexity index is 602. The molecular formula is C12H17N3O4S. The number of nitrogens with one attached hydrogen (secondary N) is 1. The molecule has 1 unspecified atom stereocenters. The van der Waals surface area contributed by atoms with Gasteiger partial charge in [-0.1, -0.05) is 18.2 Å². The molecule has 0 bridgehead atoms. The molecule has 1 N–H and O–H groups in total. The molecule has 0 spiro atoms. The number of sulfonamides is 1. The minimum atomic E-state index is -3.55. The summed E-state index contributed by atoms with van der Waals surface area (Å²) in [5, 5.41) is 14.1. The molecule has 1 aliphatic heterocycles. The van der Waals surface area contributed by atoms with Crippen molar-refractivity contribution < 1.29 is 13.3 Å². The lowest BCUT2D eigenvalue weighted by Gasteiger charge is -2.32. The van der Waals surface area contributed by atoms with Crippen LogP contribution in [0.2, 0.25) is 0 Å². The highest BCUT2D eigenvalue weighted by Crippen LogP contribution is 2.22. The molecule has 1 heterocycles. The van der Waals surface area contributed by atoms with Gasteiger partial charge in [0.15, 0.2) is 0 Å². The monoisotopic (exact) mass is 299 g/mol. The van der Waals surface area contributed by atoms with E-state index in [-0.39, 0.29) is 23.0 Å². The van der Waals surface area contributed by atoms with E-state index < -0.39 is 14.9 Å². The van der Waals surface area contributed by atoms with Crippen LogP contribution in [0.5, 0.6) is 0 Å². The number of hydrogen-bond donors (Lipinski definition) is 1. The molecule has 0 amide bonds. The quantitative estimate of drug-likeness (QED) is 0.653. The molecule has 0 aromatic heterocycles. The number of hydrogen-bond acceptors (Lipinski definition) is 5. The molecule has 1 saturated heterocycles. The van der Waals surface area contributed by atoms with Gasteiger partial charge in [-0.3, -0.25) is 10.1 Å². The first kappa shape index (κ1) is 14.9. The molecular weight excluding hydrogens is 282 g/mol. The van der Waals surface area contributed by atoms with Gasteiger partial charge in [-0.2, -0.15) is 4.31 Å². The van der Waals surface area contributed by atoms with E-state index in [0.717, 1.165) is 0 Å². The summed E-state index contributed by atoms with van der Waals surface area (Å²) in [5.74, 6) is -0.339. The van der Waals surface area contributed by atoms with Gasteiger partial charge in [-0.05, 0) is 6.92 Å². The maximum Gasteiger partial charge on any atom is 0.273 e. The van der Waals surface area contributed by atoms with Gasteiger partial charge >= 0.3 is 0 Å². The highest BCUT2D eigenvalue weighted by Gasteiger charge is 2.31. The lowest BCUT2D eigenvalue weighted by molar-refractivity contribution is -0.385. The van der Waals surface area contributed by atoms with Crippen molar-refractivity contribution in [3.05, 3.63) is 39.9 Å². The number of para-hydroxylation sites is 1. The molecule has 2 rings (SSSR count).